The van der Waals surface area contributed by atoms with Crippen molar-refractivity contribution in [2.75, 3.05) is 6.61 Å². The first-order chi connectivity index (χ1) is 7.13. The molecule has 0 aliphatic carbocycles. The zero-order valence-corrected chi connectivity index (χ0v) is 8.38. The van der Waals surface area contributed by atoms with Gasteiger partial charge in [-0.2, -0.15) is 0 Å². The summed E-state index contributed by atoms with van der Waals surface area (Å²) in [5.41, 5.74) is 0.577. The average Bonchev–Trinajstić information content (AvgIpc) is 2.20. The van der Waals surface area contributed by atoms with E-state index in [0.29, 0.717) is 12.3 Å². The predicted molar refractivity (Wildman–Crippen MR) is 52.7 cm³/mol. The van der Waals surface area contributed by atoms with Crippen molar-refractivity contribution < 1.29 is 19.7 Å². The summed E-state index contributed by atoms with van der Waals surface area (Å²) in [7, 11) is 0. The van der Waals surface area contributed by atoms with Gasteiger partial charge >= 0.3 is 5.97 Å². The lowest BCUT2D eigenvalue weighted by molar-refractivity contribution is -0.150. The Morgan fingerprint density at radius 3 is 2.80 bits per heavy atom. The number of nitrogens with zero attached hydrogens (tertiary/aromatic N) is 1. The maximum Gasteiger partial charge on any atom is 0.333 e. The van der Waals surface area contributed by atoms with Gasteiger partial charge in [0.15, 0.2) is 6.10 Å². The number of carboxylic acid groups (broad SMARTS) is 1. The molecule has 1 heterocycles. The Labute approximate surface area is 87.3 Å². The Kier molecular flexibility index (Phi) is 4.05. The number of aromatic nitrogens is 1. The van der Waals surface area contributed by atoms with E-state index in [1.807, 2.05) is 0 Å². The maximum absolute atomic E-state index is 10.8. The van der Waals surface area contributed by atoms with Gasteiger partial charge in [-0.25, -0.2) is 4.79 Å². The molecule has 0 radical (unpaired) electrons. The molecule has 1 aromatic heterocycles. The summed E-state index contributed by atoms with van der Waals surface area (Å²) < 4.78 is 5.04. The topological polar surface area (TPSA) is 79.7 Å². The van der Waals surface area contributed by atoms with Crippen LogP contribution in [0, 0.1) is 0 Å². The molecule has 0 aromatic carbocycles. The Morgan fingerprint density at radius 1 is 1.60 bits per heavy atom. The summed E-state index contributed by atoms with van der Waals surface area (Å²) >= 11 is 0. The number of aliphatic carboxylic acids is 1. The minimum absolute atomic E-state index is 0.0574. The number of aromatic hydroxyl groups is 1. The van der Waals surface area contributed by atoms with E-state index in [4.69, 9.17) is 14.9 Å². The number of pyridine rings is 1. The standard InChI is InChI=1S/C10H13NO4/c1-2-15-9(10(13)14)5-7-3-4-8(12)6-11-7/h3-4,6,9,12H,2,5H2,1H3,(H,13,14). The Morgan fingerprint density at radius 2 is 2.33 bits per heavy atom. The number of hydrogen-bond acceptors (Lipinski definition) is 4. The van der Waals surface area contributed by atoms with Crippen LogP contribution in [-0.4, -0.2) is 33.9 Å². The molecule has 0 fully saturated rings. The van der Waals surface area contributed by atoms with Crippen LogP contribution in [-0.2, 0) is 16.0 Å². The van der Waals surface area contributed by atoms with Crippen LogP contribution in [0.15, 0.2) is 18.3 Å². The molecule has 1 aromatic rings. The third-order valence-electron chi connectivity index (χ3n) is 1.85. The van der Waals surface area contributed by atoms with Gasteiger partial charge in [-0.1, -0.05) is 0 Å². The van der Waals surface area contributed by atoms with Gasteiger partial charge in [0.25, 0.3) is 0 Å². The quantitative estimate of drug-likeness (QED) is 0.753. The molecule has 0 aliphatic rings. The molecule has 5 heteroatoms. The molecule has 82 valence electrons. The fraction of sp³-hybridized carbons (Fsp3) is 0.400. The highest BCUT2D eigenvalue weighted by Crippen LogP contribution is 2.09. The van der Waals surface area contributed by atoms with Gasteiger partial charge in [0.1, 0.15) is 5.75 Å². The van der Waals surface area contributed by atoms with Crippen LogP contribution in [0.4, 0.5) is 0 Å². The van der Waals surface area contributed by atoms with E-state index in [1.54, 1.807) is 13.0 Å². The second-order valence-corrected chi connectivity index (χ2v) is 2.99. The van der Waals surface area contributed by atoms with Gasteiger partial charge in [0, 0.05) is 18.7 Å². The molecular weight excluding hydrogens is 198 g/mol. The monoisotopic (exact) mass is 211 g/mol. The molecule has 1 atom stereocenters. The van der Waals surface area contributed by atoms with E-state index in [1.165, 1.54) is 12.3 Å². The molecule has 0 bridgehead atoms. The largest absolute Gasteiger partial charge is 0.506 e. The summed E-state index contributed by atoms with van der Waals surface area (Å²) in [5.74, 6) is -0.950. The van der Waals surface area contributed by atoms with E-state index >= 15 is 0 Å². The van der Waals surface area contributed by atoms with E-state index < -0.39 is 12.1 Å². The van der Waals surface area contributed by atoms with Crippen molar-refractivity contribution >= 4 is 5.97 Å². The number of carboxylic acids is 1. The summed E-state index contributed by atoms with van der Waals surface area (Å²) in [6.45, 7) is 2.08. The minimum Gasteiger partial charge on any atom is -0.506 e. The predicted octanol–water partition coefficient (Wildman–Crippen LogP) is 0.819. The van der Waals surface area contributed by atoms with Crippen LogP contribution in [0.25, 0.3) is 0 Å². The first kappa shape index (κ1) is 11.5. The van der Waals surface area contributed by atoms with Crippen molar-refractivity contribution in [3.63, 3.8) is 0 Å². The highest BCUT2D eigenvalue weighted by Gasteiger charge is 2.18. The van der Waals surface area contributed by atoms with E-state index in [2.05, 4.69) is 4.98 Å². The van der Waals surface area contributed by atoms with Gasteiger partial charge in [-0.15, -0.1) is 0 Å². The number of ether oxygens (including phenoxy) is 1. The van der Waals surface area contributed by atoms with Crippen molar-refractivity contribution in [1.82, 2.24) is 4.98 Å². The highest BCUT2D eigenvalue weighted by molar-refractivity contribution is 5.72. The second kappa shape index (κ2) is 5.31. The minimum atomic E-state index is -1.01. The van der Waals surface area contributed by atoms with Crippen LogP contribution >= 0.6 is 0 Å². The molecule has 1 unspecified atom stereocenters. The van der Waals surface area contributed by atoms with Gasteiger partial charge < -0.3 is 14.9 Å². The van der Waals surface area contributed by atoms with Gasteiger partial charge in [0.2, 0.25) is 0 Å². The summed E-state index contributed by atoms with van der Waals surface area (Å²) in [5, 5.41) is 17.8. The maximum atomic E-state index is 10.8. The van der Waals surface area contributed by atoms with Crippen LogP contribution < -0.4 is 0 Å². The number of rotatable bonds is 5. The molecule has 0 spiro atoms. The summed E-state index contributed by atoms with van der Waals surface area (Å²) in [6.07, 6.45) is 0.593. The molecule has 15 heavy (non-hydrogen) atoms. The SMILES string of the molecule is CCOC(Cc1ccc(O)cn1)C(=O)O. The fourth-order valence-electron chi connectivity index (χ4n) is 1.15. The fourth-order valence-corrected chi connectivity index (χ4v) is 1.15. The van der Waals surface area contributed by atoms with E-state index in [-0.39, 0.29) is 12.2 Å². The average molecular weight is 211 g/mol. The second-order valence-electron chi connectivity index (χ2n) is 2.99. The molecule has 0 aliphatic heterocycles. The summed E-state index contributed by atoms with van der Waals surface area (Å²) in [4.78, 5) is 14.6. The van der Waals surface area contributed by atoms with Gasteiger partial charge in [-0.05, 0) is 19.1 Å². The van der Waals surface area contributed by atoms with Crippen LogP contribution in [0.2, 0.25) is 0 Å². The molecule has 0 saturated carbocycles. The molecule has 0 amide bonds. The van der Waals surface area contributed by atoms with Crippen LogP contribution in [0.1, 0.15) is 12.6 Å². The molecule has 2 N–H and O–H groups in total. The van der Waals surface area contributed by atoms with Crippen LogP contribution in [0.3, 0.4) is 0 Å². The van der Waals surface area contributed by atoms with Crippen molar-refractivity contribution in [2.24, 2.45) is 0 Å². The van der Waals surface area contributed by atoms with Gasteiger partial charge in [-0.3, -0.25) is 4.98 Å². The highest BCUT2D eigenvalue weighted by atomic mass is 16.5. The lowest BCUT2D eigenvalue weighted by Gasteiger charge is -2.11. The summed E-state index contributed by atoms with van der Waals surface area (Å²) in [6, 6.07) is 3.04. The lowest BCUT2D eigenvalue weighted by Crippen LogP contribution is -2.26. The van der Waals surface area contributed by atoms with E-state index in [9.17, 15) is 4.79 Å². The smallest absolute Gasteiger partial charge is 0.333 e. The third-order valence-corrected chi connectivity index (χ3v) is 1.85. The number of carbonyl (C=O) groups is 1. The van der Waals surface area contributed by atoms with E-state index in [0.717, 1.165) is 0 Å². The van der Waals surface area contributed by atoms with Crippen molar-refractivity contribution in [3.8, 4) is 5.75 Å². The van der Waals surface area contributed by atoms with Crippen molar-refractivity contribution in [2.45, 2.75) is 19.4 Å². The molecular formula is C10H13NO4. The molecule has 1 rings (SSSR count). The molecule has 5 nitrogen and oxygen atoms in total. The zero-order valence-electron chi connectivity index (χ0n) is 8.38. The normalized spacial score (nSPS) is 12.3. The van der Waals surface area contributed by atoms with Crippen LogP contribution in [0.5, 0.6) is 5.75 Å². The Bertz CT molecular complexity index is 323. The Balaban J connectivity index is 2.65. The van der Waals surface area contributed by atoms with Crippen molar-refractivity contribution in [3.05, 3.63) is 24.0 Å². The molecule has 0 saturated heterocycles. The number of hydrogen-bond donors (Lipinski definition) is 2. The zero-order chi connectivity index (χ0) is 11.3. The van der Waals surface area contributed by atoms with Crippen molar-refractivity contribution in [1.29, 1.82) is 0 Å². The first-order valence-electron chi connectivity index (χ1n) is 4.61. The Hall–Kier alpha value is -1.62. The third kappa shape index (κ3) is 3.55. The lowest BCUT2D eigenvalue weighted by atomic mass is 10.2. The van der Waals surface area contributed by atoms with Gasteiger partial charge in [0.05, 0.1) is 6.20 Å². The first-order valence-corrected chi connectivity index (χ1v) is 4.61.